The largest absolute Gasteiger partial charge is 0.481 e. The number of aromatic nitrogens is 2. The van der Waals surface area contributed by atoms with Gasteiger partial charge in [-0.05, 0) is 13.0 Å². The van der Waals surface area contributed by atoms with E-state index in [1.165, 1.54) is 0 Å². The van der Waals surface area contributed by atoms with Crippen molar-refractivity contribution in [3.8, 4) is 0 Å². The minimum absolute atomic E-state index is 0.0851. The number of amides is 1. The summed E-state index contributed by atoms with van der Waals surface area (Å²) in [6.45, 7) is 3.41. The molecule has 6 heteroatoms. The fourth-order valence-electron chi connectivity index (χ4n) is 2.83. The van der Waals surface area contributed by atoms with Gasteiger partial charge in [-0.25, -0.2) is 0 Å². The number of benzene rings is 1. The van der Waals surface area contributed by atoms with Crippen LogP contribution in [-0.2, 0) is 22.7 Å². The lowest BCUT2D eigenvalue weighted by Crippen LogP contribution is -2.26. The summed E-state index contributed by atoms with van der Waals surface area (Å²) in [7, 11) is 0. The van der Waals surface area contributed by atoms with Crippen LogP contribution in [-0.4, -0.2) is 38.2 Å². The van der Waals surface area contributed by atoms with E-state index in [0.717, 1.165) is 23.1 Å². The summed E-state index contributed by atoms with van der Waals surface area (Å²) in [5.41, 5.74) is 1.86. The normalized spacial score (nSPS) is 18.6. The summed E-state index contributed by atoms with van der Waals surface area (Å²) < 4.78 is 1.90. The predicted molar refractivity (Wildman–Crippen MR) is 76.6 cm³/mol. The number of rotatable bonds is 4. The average Bonchev–Trinajstić information content (AvgIpc) is 3.01. The third kappa shape index (κ3) is 2.37. The topological polar surface area (TPSA) is 75.4 Å². The monoisotopic (exact) mass is 287 g/mol. The van der Waals surface area contributed by atoms with E-state index >= 15 is 0 Å². The van der Waals surface area contributed by atoms with Gasteiger partial charge in [0.1, 0.15) is 0 Å². The molecule has 2 aromatic rings. The number of carboxylic acids is 1. The van der Waals surface area contributed by atoms with Crippen molar-refractivity contribution < 1.29 is 14.7 Å². The van der Waals surface area contributed by atoms with E-state index in [-0.39, 0.29) is 18.9 Å². The van der Waals surface area contributed by atoms with Gasteiger partial charge in [-0.15, -0.1) is 0 Å². The first-order chi connectivity index (χ1) is 10.1. The van der Waals surface area contributed by atoms with Crippen LogP contribution in [0.5, 0.6) is 0 Å². The molecule has 1 fully saturated rings. The van der Waals surface area contributed by atoms with Crippen LogP contribution in [0.2, 0.25) is 0 Å². The Kier molecular flexibility index (Phi) is 3.37. The lowest BCUT2D eigenvalue weighted by Gasteiger charge is -2.14. The Hall–Kier alpha value is -2.37. The van der Waals surface area contributed by atoms with Crippen LogP contribution in [0.1, 0.15) is 19.0 Å². The van der Waals surface area contributed by atoms with Crippen molar-refractivity contribution in [2.45, 2.75) is 26.4 Å². The fourth-order valence-corrected chi connectivity index (χ4v) is 2.83. The summed E-state index contributed by atoms with van der Waals surface area (Å²) in [5.74, 6) is -1.62. The molecule has 1 aliphatic heterocycles. The zero-order chi connectivity index (χ0) is 15.0. The molecule has 0 spiro atoms. The number of hydrogen-bond donors (Lipinski definition) is 1. The first kappa shape index (κ1) is 13.6. The van der Waals surface area contributed by atoms with Crippen LogP contribution in [0.3, 0.4) is 0 Å². The molecule has 0 aliphatic carbocycles. The molecule has 3 rings (SSSR count). The van der Waals surface area contributed by atoms with E-state index in [9.17, 15) is 9.59 Å². The van der Waals surface area contributed by atoms with Crippen LogP contribution < -0.4 is 0 Å². The fraction of sp³-hybridized carbons (Fsp3) is 0.400. The standard InChI is InChI=1S/C15H17N3O3/c1-2-18-13-6-4-3-5-11(13)12(16-18)9-17-8-10(15(20)21)7-14(17)19/h3-6,10H,2,7-9H2,1H3,(H,20,21). The molecule has 1 unspecified atom stereocenters. The molecule has 2 heterocycles. The number of fused-ring (bicyclic) bond motifs is 1. The number of aryl methyl sites for hydroxylation is 1. The zero-order valence-corrected chi connectivity index (χ0v) is 11.8. The third-order valence-electron chi connectivity index (χ3n) is 3.94. The maximum atomic E-state index is 11.9. The highest BCUT2D eigenvalue weighted by atomic mass is 16.4. The summed E-state index contributed by atoms with van der Waals surface area (Å²) in [6, 6.07) is 7.89. The molecule has 110 valence electrons. The maximum absolute atomic E-state index is 11.9. The number of aliphatic carboxylic acids is 1. The zero-order valence-electron chi connectivity index (χ0n) is 11.8. The number of nitrogens with zero attached hydrogens (tertiary/aromatic N) is 3. The molecule has 1 aliphatic rings. The van der Waals surface area contributed by atoms with Gasteiger partial charge < -0.3 is 10.0 Å². The molecule has 1 aromatic heterocycles. The Morgan fingerprint density at radius 3 is 2.86 bits per heavy atom. The molecule has 0 radical (unpaired) electrons. The average molecular weight is 287 g/mol. The molecule has 0 bridgehead atoms. The highest BCUT2D eigenvalue weighted by molar-refractivity contribution is 5.87. The number of carboxylic acid groups (broad SMARTS) is 1. The van der Waals surface area contributed by atoms with Gasteiger partial charge in [0.05, 0.1) is 23.7 Å². The van der Waals surface area contributed by atoms with Crippen molar-refractivity contribution in [2.75, 3.05) is 6.54 Å². The van der Waals surface area contributed by atoms with Gasteiger partial charge in [0.25, 0.3) is 0 Å². The van der Waals surface area contributed by atoms with E-state index in [4.69, 9.17) is 5.11 Å². The second-order valence-electron chi connectivity index (χ2n) is 5.29. The Balaban J connectivity index is 1.89. The Bertz CT molecular complexity index is 707. The molecule has 1 atom stereocenters. The van der Waals surface area contributed by atoms with E-state index in [1.54, 1.807) is 4.90 Å². The highest BCUT2D eigenvalue weighted by Crippen LogP contribution is 2.24. The minimum Gasteiger partial charge on any atom is -0.481 e. The van der Waals surface area contributed by atoms with Gasteiger partial charge >= 0.3 is 5.97 Å². The number of para-hydroxylation sites is 1. The molecule has 1 aromatic carbocycles. The van der Waals surface area contributed by atoms with Crippen LogP contribution in [0.15, 0.2) is 24.3 Å². The molecular weight excluding hydrogens is 270 g/mol. The van der Waals surface area contributed by atoms with E-state index < -0.39 is 11.9 Å². The number of likely N-dealkylation sites (tertiary alicyclic amines) is 1. The Morgan fingerprint density at radius 1 is 1.43 bits per heavy atom. The van der Waals surface area contributed by atoms with Crippen LogP contribution in [0.25, 0.3) is 10.9 Å². The van der Waals surface area contributed by atoms with Gasteiger partial charge in [0.2, 0.25) is 5.91 Å². The van der Waals surface area contributed by atoms with Crippen LogP contribution in [0, 0.1) is 5.92 Å². The smallest absolute Gasteiger partial charge is 0.308 e. The lowest BCUT2D eigenvalue weighted by molar-refractivity contribution is -0.141. The quantitative estimate of drug-likeness (QED) is 0.924. The molecule has 21 heavy (non-hydrogen) atoms. The first-order valence-electron chi connectivity index (χ1n) is 7.05. The number of carbonyl (C=O) groups excluding carboxylic acids is 1. The number of carbonyl (C=O) groups is 2. The number of hydrogen-bond acceptors (Lipinski definition) is 3. The molecule has 6 nitrogen and oxygen atoms in total. The van der Waals surface area contributed by atoms with Gasteiger partial charge in [-0.3, -0.25) is 14.3 Å². The van der Waals surface area contributed by atoms with Crippen molar-refractivity contribution in [3.63, 3.8) is 0 Å². The predicted octanol–water partition coefficient (Wildman–Crippen LogP) is 1.49. The minimum atomic E-state index is -0.908. The van der Waals surface area contributed by atoms with Crippen LogP contribution in [0.4, 0.5) is 0 Å². The molecule has 1 saturated heterocycles. The Morgan fingerprint density at radius 2 is 2.19 bits per heavy atom. The third-order valence-corrected chi connectivity index (χ3v) is 3.94. The molecule has 1 N–H and O–H groups in total. The maximum Gasteiger partial charge on any atom is 0.308 e. The van der Waals surface area contributed by atoms with Gasteiger partial charge in [-0.1, -0.05) is 18.2 Å². The second-order valence-corrected chi connectivity index (χ2v) is 5.29. The van der Waals surface area contributed by atoms with E-state index in [1.807, 2.05) is 35.9 Å². The van der Waals surface area contributed by atoms with E-state index in [2.05, 4.69) is 5.10 Å². The van der Waals surface area contributed by atoms with Crippen molar-refractivity contribution in [1.82, 2.24) is 14.7 Å². The van der Waals surface area contributed by atoms with Gasteiger partial charge in [0.15, 0.2) is 0 Å². The SMILES string of the molecule is CCn1nc(CN2CC(C(=O)O)CC2=O)c2ccccc21. The molecular formula is C15H17N3O3. The van der Waals surface area contributed by atoms with Gasteiger partial charge in [0, 0.05) is 24.9 Å². The summed E-state index contributed by atoms with van der Waals surface area (Å²) in [5, 5.41) is 14.6. The highest BCUT2D eigenvalue weighted by Gasteiger charge is 2.34. The van der Waals surface area contributed by atoms with Crippen LogP contribution >= 0.6 is 0 Å². The lowest BCUT2D eigenvalue weighted by atomic mass is 10.1. The van der Waals surface area contributed by atoms with Crippen molar-refractivity contribution in [2.24, 2.45) is 5.92 Å². The van der Waals surface area contributed by atoms with E-state index in [0.29, 0.717) is 6.54 Å². The second kappa shape index (κ2) is 5.20. The van der Waals surface area contributed by atoms with Crippen molar-refractivity contribution in [3.05, 3.63) is 30.0 Å². The van der Waals surface area contributed by atoms with Crippen molar-refractivity contribution in [1.29, 1.82) is 0 Å². The summed E-state index contributed by atoms with van der Waals surface area (Å²) in [4.78, 5) is 24.5. The summed E-state index contributed by atoms with van der Waals surface area (Å²) in [6.07, 6.45) is 0.0851. The summed E-state index contributed by atoms with van der Waals surface area (Å²) >= 11 is 0. The Labute approximate surface area is 122 Å². The molecule has 0 saturated carbocycles. The first-order valence-corrected chi connectivity index (χ1v) is 7.05. The molecule has 1 amide bonds. The van der Waals surface area contributed by atoms with Gasteiger partial charge in [-0.2, -0.15) is 5.10 Å². The van der Waals surface area contributed by atoms with Crippen molar-refractivity contribution >= 4 is 22.8 Å².